The minimum atomic E-state index is -0.198. The summed E-state index contributed by atoms with van der Waals surface area (Å²) in [5.74, 6) is 1.46. The van der Waals surface area contributed by atoms with Crippen molar-refractivity contribution in [1.82, 2.24) is 5.32 Å². The number of nitrogens with one attached hydrogen (secondary N) is 1. The van der Waals surface area contributed by atoms with Crippen molar-refractivity contribution in [3.63, 3.8) is 0 Å². The molecule has 0 saturated carbocycles. The molecular weight excluding hydrogens is 225 g/mol. The number of hydrogen-bond donors (Lipinski definition) is 1. The summed E-state index contributed by atoms with van der Waals surface area (Å²) in [4.78, 5) is 11.8. The predicted molar refractivity (Wildman–Crippen MR) is 74.4 cm³/mol. The minimum Gasteiger partial charge on any atom is -0.384 e. The number of ether oxygens (including phenoxy) is 1. The number of amides is 1. The molecule has 3 atom stereocenters. The highest BCUT2D eigenvalue weighted by molar-refractivity contribution is 6.11. The van der Waals surface area contributed by atoms with Gasteiger partial charge in [-0.1, -0.05) is 27.7 Å². The Balaban J connectivity index is 2.40. The van der Waals surface area contributed by atoms with Crippen molar-refractivity contribution in [2.24, 2.45) is 17.8 Å². The topological polar surface area (TPSA) is 38.3 Å². The SMILES string of the molecule is [B][C@H]1CC(CC(=O)NCC(C)C)[C@@H](CC(C)C)O1. The van der Waals surface area contributed by atoms with Gasteiger partial charge in [-0.05, 0) is 30.6 Å². The molecule has 1 unspecified atom stereocenters. The van der Waals surface area contributed by atoms with E-state index in [9.17, 15) is 4.79 Å². The van der Waals surface area contributed by atoms with E-state index >= 15 is 0 Å². The molecule has 1 saturated heterocycles. The van der Waals surface area contributed by atoms with E-state index in [-0.39, 0.29) is 23.9 Å². The molecule has 4 heteroatoms. The molecule has 0 spiro atoms. The zero-order chi connectivity index (χ0) is 13.7. The van der Waals surface area contributed by atoms with Gasteiger partial charge in [-0.15, -0.1) is 0 Å². The van der Waals surface area contributed by atoms with Crippen LogP contribution in [0.5, 0.6) is 0 Å². The van der Waals surface area contributed by atoms with Crippen LogP contribution in [-0.2, 0) is 9.53 Å². The van der Waals surface area contributed by atoms with Crippen LogP contribution in [0.4, 0.5) is 0 Å². The summed E-state index contributed by atoms with van der Waals surface area (Å²) in [6.07, 6.45) is 2.46. The Hall–Kier alpha value is -0.505. The number of carbonyl (C=O) groups excluding carboxylic acids is 1. The van der Waals surface area contributed by atoms with E-state index in [1.165, 1.54) is 0 Å². The summed E-state index contributed by atoms with van der Waals surface area (Å²) < 4.78 is 5.71. The largest absolute Gasteiger partial charge is 0.384 e. The van der Waals surface area contributed by atoms with Gasteiger partial charge in [0.25, 0.3) is 0 Å². The molecule has 1 amide bonds. The Labute approximate surface area is 112 Å². The smallest absolute Gasteiger partial charge is 0.220 e. The first kappa shape index (κ1) is 15.6. The average molecular weight is 251 g/mol. The molecule has 1 aliphatic heterocycles. The van der Waals surface area contributed by atoms with Crippen molar-refractivity contribution < 1.29 is 9.53 Å². The molecule has 0 aromatic rings. The lowest BCUT2D eigenvalue weighted by Crippen LogP contribution is -2.31. The van der Waals surface area contributed by atoms with Crippen molar-refractivity contribution in [3.05, 3.63) is 0 Å². The predicted octanol–water partition coefficient (Wildman–Crippen LogP) is 2.09. The van der Waals surface area contributed by atoms with Crippen LogP contribution in [0.25, 0.3) is 0 Å². The van der Waals surface area contributed by atoms with E-state index in [1.807, 2.05) is 0 Å². The van der Waals surface area contributed by atoms with Gasteiger partial charge in [0.1, 0.15) is 7.85 Å². The van der Waals surface area contributed by atoms with Gasteiger partial charge < -0.3 is 10.1 Å². The molecule has 0 bridgehead atoms. The monoisotopic (exact) mass is 251 g/mol. The van der Waals surface area contributed by atoms with Gasteiger partial charge in [-0.25, -0.2) is 0 Å². The fourth-order valence-electron chi connectivity index (χ4n) is 2.40. The zero-order valence-corrected chi connectivity index (χ0v) is 12.1. The van der Waals surface area contributed by atoms with Crippen molar-refractivity contribution in [3.8, 4) is 0 Å². The van der Waals surface area contributed by atoms with E-state index in [2.05, 4.69) is 33.0 Å². The van der Waals surface area contributed by atoms with Crippen molar-refractivity contribution >= 4 is 13.8 Å². The summed E-state index contributed by atoms with van der Waals surface area (Å²) in [6.45, 7) is 9.27. The first-order chi connectivity index (χ1) is 8.38. The van der Waals surface area contributed by atoms with Crippen LogP contribution in [-0.4, -0.2) is 32.4 Å². The van der Waals surface area contributed by atoms with Crippen molar-refractivity contribution in [2.75, 3.05) is 6.54 Å². The third-order valence-electron chi connectivity index (χ3n) is 3.27. The Morgan fingerprint density at radius 2 is 2.00 bits per heavy atom. The third kappa shape index (κ3) is 5.43. The van der Waals surface area contributed by atoms with Crippen molar-refractivity contribution in [2.45, 2.75) is 59.1 Å². The second kappa shape index (κ2) is 7.17. The molecule has 1 heterocycles. The number of hydrogen-bond acceptors (Lipinski definition) is 2. The lowest BCUT2D eigenvalue weighted by molar-refractivity contribution is -0.122. The van der Waals surface area contributed by atoms with Crippen molar-refractivity contribution in [1.29, 1.82) is 0 Å². The first-order valence-electron chi connectivity index (χ1n) is 7.06. The van der Waals surface area contributed by atoms with E-state index in [1.54, 1.807) is 0 Å². The zero-order valence-electron chi connectivity index (χ0n) is 12.1. The summed E-state index contributed by atoms with van der Waals surface area (Å²) in [7, 11) is 5.84. The maximum Gasteiger partial charge on any atom is 0.220 e. The van der Waals surface area contributed by atoms with Gasteiger partial charge in [-0.2, -0.15) is 0 Å². The van der Waals surface area contributed by atoms with Gasteiger partial charge in [0.15, 0.2) is 0 Å². The highest BCUT2D eigenvalue weighted by Gasteiger charge is 2.34. The molecule has 1 N–H and O–H groups in total. The van der Waals surface area contributed by atoms with Gasteiger partial charge in [-0.3, -0.25) is 4.79 Å². The quantitative estimate of drug-likeness (QED) is 0.734. The molecule has 18 heavy (non-hydrogen) atoms. The van der Waals surface area contributed by atoms with E-state index in [4.69, 9.17) is 12.6 Å². The third-order valence-corrected chi connectivity index (χ3v) is 3.27. The second-order valence-electron chi connectivity index (χ2n) is 6.24. The van der Waals surface area contributed by atoms with E-state index in [0.29, 0.717) is 18.3 Å². The number of carbonyl (C=O) groups is 1. The fraction of sp³-hybridized carbons (Fsp3) is 0.929. The maximum absolute atomic E-state index is 11.8. The fourth-order valence-corrected chi connectivity index (χ4v) is 2.40. The van der Waals surface area contributed by atoms with Crippen LogP contribution < -0.4 is 5.32 Å². The van der Waals surface area contributed by atoms with Gasteiger partial charge in [0.2, 0.25) is 5.91 Å². The molecule has 0 aromatic carbocycles. The summed E-state index contributed by atoms with van der Waals surface area (Å²) in [6, 6.07) is -0.198. The average Bonchev–Trinajstić information content (AvgIpc) is 2.55. The first-order valence-corrected chi connectivity index (χ1v) is 7.06. The van der Waals surface area contributed by atoms with Gasteiger partial charge >= 0.3 is 0 Å². The van der Waals surface area contributed by atoms with Crippen LogP contribution >= 0.6 is 0 Å². The van der Waals surface area contributed by atoms with Crippen LogP contribution in [0.2, 0.25) is 0 Å². The summed E-state index contributed by atoms with van der Waals surface area (Å²) in [5, 5.41) is 2.96. The molecule has 1 fully saturated rings. The van der Waals surface area contributed by atoms with E-state index < -0.39 is 0 Å². The molecule has 3 nitrogen and oxygen atoms in total. The van der Waals surface area contributed by atoms with Gasteiger partial charge in [0.05, 0.1) is 6.10 Å². The van der Waals surface area contributed by atoms with Crippen LogP contribution in [0.3, 0.4) is 0 Å². The Bertz CT molecular complexity index is 269. The van der Waals surface area contributed by atoms with Crippen LogP contribution in [0.15, 0.2) is 0 Å². The molecule has 0 aromatic heterocycles. The Morgan fingerprint density at radius 3 is 2.56 bits per heavy atom. The molecule has 1 rings (SSSR count). The molecule has 2 radical (unpaired) electrons. The standard InChI is InChI=1S/C14H26BNO2/c1-9(2)5-12-11(6-13(15)18-12)7-14(17)16-8-10(3)4/h9-13H,5-8H2,1-4H3,(H,16,17)/t11?,12-,13-/m1/s1. The number of rotatable bonds is 6. The van der Waals surface area contributed by atoms with Crippen LogP contribution in [0, 0.1) is 17.8 Å². The second-order valence-corrected chi connectivity index (χ2v) is 6.24. The minimum absolute atomic E-state index is 0.125. The highest BCUT2D eigenvalue weighted by Crippen LogP contribution is 2.31. The highest BCUT2D eigenvalue weighted by atomic mass is 16.5. The maximum atomic E-state index is 11.8. The summed E-state index contributed by atoms with van der Waals surface area (Å²) >= 11 is 0. The molecule has 1 aliphatic rings. The Morgan fingerprint density at radius 1 is 1.33 bits per heavy atom. The normalized spacial score (nSPS) is 28.0. The lowest BCUT2D eigenvalue weighted by Gasteiger charge is -2.20. The van der Waals surface area contributed by atoms with Gasteiger partial charge in [0, 0.05) is 19.0 Å². The molecule has 102 valence electrons. The lowest BCUT2D eigenvalue weighted by atomic mass is 9.86. The Kier molecular flexibility index (Phi) is 6.20. The molecular formula is C14H26BNO2. The van der Waals surface area contributed by atoms with E-state index in [0.717, 1.165) is 19.4 Å². The molecule has 0 aliphatic carbocycles. The summed E-state index contributed by atoms with van der Waals surface area (Å²) in [5.41, 5.74) is 0. The van der Waals surface area contributed by atoms with Crippen LogP contribution in [0.1, 0.15) is 47.0 Å².